The predicted octanol–water partition coefficient (Wildman–Crippen LogP) is 10.1. The first kappa shape index (κ1) is 31.6. The summed E-state index contributed by atoms with van der Waals surface area (Å²) in [4.78, 5) is 8.73. The van der Waals surface area contributed by atoms with Crippen LogP contribution in [0.5, 0.6) is 0 Å². The third-order valence-corrected chi connectivity index (χ3v) is 6.88. The van der Waals surface area contributed by atoms with Crippen molar-refractivity contribution < 1.29 is 10.8 Å². The minimum atomic E-state index is 0.339. The molecular weight excluding hydrogens is 825 g/mol. The Kier molecular flexibility index (Phi) is 13.1. The zero-order chi connectivity index (χ0) is 28.9. The van der Waals surface area contributed by atoms with Crippen LogP contribution in [0.15, 0.2) is 146 Å². The topological polar surface area (TPSA) is 13.0 Å². The maximum absolute atomic E-state index is 2.33. The summed E-state index contributed by atoms with van der Waals surface area (Å²) in [7, 11) is 0.890. The fourth-order valence-electron chi connectivity index (χ4n) is 4.51. The van der Waals surface area contributed by atoms with Gasteiger partial charge in [-0.05, 0) is 74.0 Å². The Balaban J connectivity index is 0.000000173. The van der Waals surface area contributed by atoms with Gasteiger partial charge in [0.25, 0.3) is 0 Å². The van der Waals surface area contributed by atoms with E-state index in [0.717, 1.165) is 10.8 Å². The van der Waals surface area contributed by atoms with Gasteiger partial charge in [-0.15, -0.1) is 0 Å². The van der Waals surface area contributed by atoms with Crippen LogP contribution in [-0.2, 0) is 10.8 Å². The molecule has 0 radical (unpaired) electrons. The number of nitrogens with zero attached hydrogens (tertiary/aromatic N) is 4. The van der Waals surface area contributed by atoms with Crippen molar-refractivity contribution >= 4 is 50.4 Å². The Hall–Kier alpha value is -2.32. The Morgan fingerprint density at radius 3 is 1.10 bits per heavy atom. The molecule has 2 aliphatic rings. The molecule has 2 atom stereocenters. The van der Waals surface area contributed by atoms with Gasteiger partial charge in [0.05, 0.1) is 0 Å². The molecular formula is C34H34I2N4Pd-2. The predicted molar refractivity (Wildman–Crippen MR) is 186 cm³/mol. The molecule has 216 valence electrons. The molecule has 41 heavy (non-hydrogen) atoms. The van der Waals surface area contributed by atoms with Crippen LogP contribution in [0.1, 0.15) is 37.1 Å². The molecule has 0 aromatic heterocycles. The molecule has 0 aliphatic carbocycles. The summed E-state index contributed by atoms with van der Waals surface area (Å²) in [5, 5.41) is 0. The van der Waals surface area contributed by atoms with E-state index in [4.69, 9.17) is 0 Å². The maximum atomic E-state index is 2.33. The molecule has 0 N–H and O–H groups in total. The van der Waals surface area contributed by atoms with Crippen molar-refractivity contribution in [2.45, 2.75) is 25.9 Å². The fourth-order valence-corrected chi connectivity index (χ4v) is 4.51. The summed E-state index contributed by atoms with van der Waals surface area (Å²) < 4.78 is 0. The average Bonchev–Trinajstić information content (AvgIpc) is 3.74. The summed E-state index contributed by atoms with van der Waals surface area (Å²) in [6.45, 7) is 8.69. The molecule has 2 aliphatic heterocycles. The molecule has 4 nitrogen and oxygen atoms in total. The van der Waals surface area contributed by atoms with E-state index in [0.29, 0.717) is 12.1 Å². The normalized spacial score (nSPS) is 15.2. The molecule has 4 aromatic rings. The quantitative estimate of drug-likeness (QED) is 0.109. The van der Waals surface area contributed by atoms with E-state index in [1.165, 1.54) is 22.5 Å². The van der Waals surface area contributed by atoms with Crippen molar-refractivity contribution in [3.05, 3.63) is 171 Å². The Labute approximate surface area is 274 Å². The van der Waals surface area contributed by atoms with E-state index in [1.54, 1.807) is 0 Å². The average molecular weight is 859 g/mol. The van der Waals surface area contributed by atoms with Crippen LogP contribution in [-0.4, -0.2) is 9.80 Å². The van der Waals surface area contributed by atoms with Gasteiger partial charge in [-0.3, -0.25) is 0 Å². The van der Waals surface area contributed by atoms with Crippen molar-refractivity contribution in [1.29, 1.82) is 0 Å². The number of rotatable bonds is 6. The Bertz CT molecular complexity index is 1240. The zero-order valence-electron chi connectivity index (χ0n) is 23.0. The molecule has 0 spiro atoms. The summed E-state index contributed by atoms with van der Waals surface area (Å²) in [6.07, 6.45) is 8.42. The third-order valence-electron chi connectivity index (χ3n) is 6.88. The van der Waals surface area contributed by atoms with E-state index >= 15 is 0 Å². The van der Waals surface area contributed by atoms with Gasteiger partial charge < -0.3 is 19.6 Å². The van der Waals surface area contributed by atoms with Gasteiger partial charge in [-0.1, -0.05) is 97.1 Å². The number of para-hydroxylation sites is 2. The summed E-state index contributed by atoms with van der Waals surface area (Å²) in [5.41, 5.74) is 5.00. The standard InChI is InChI=1S/2C17H17N2.2HI.Pd/c2*1-15(16-8-4-2-5-9-16)18-12-13-19(14-18)17-10-6-3-7-11-17;;;/h2*2-15H,1H3;2*1H;/q2*-1;;;+2/p-2. The second-order valence-corrected chi connectivity index (χ2v) is 21.4. The first-order valence-corrected chi connectivity index (χ1v) is 22.6. The van der Waals surface area contributed by atoms with Gasteiger partial charge in [-0.25, -0.2) is 0 Å². The van der Waals surface area contributed by atoms with Crippen LogP contribution in [0.3, 0.4) is 0 Å². The molecule has 6 rings (SSSR count). The summed E-state index contributed by atoms with van der Waals surface area (Å²) in [6, 6.07) is 42.5. The second kappa shape index (κ2) is 17.0. The van der Waals surface area contributed by atoms with Crippen molar-refractivity contribution in [2.24, 2.45) is 0 Å². The molecule has 2 heterocycles. The van der Waals surface area contributed by atoms with Crippen LogP contribution in [0.2, 0.25) is 0 Å². The van der Waals surface area contributed by atoms with Crippen molar-refractivity contribution in [3.8, 4) is 0 Å². The van der Waals surface area contributed by atoms with Gasteiger partial charge in [0.2, 0.25) is 0 Å². The van der Waals surface area contributed by atoms with E-state index in [1.807, 2.05) is 12.1 Å². The number of hydrogen-bond donors (Lipinski definition) is 0. The number of halogens is 2. The van der Waals surface area contributed by atoms with E-state index in [-0.39, 0.29) is 0 Å². The Morgan fingerprint density at radius 1 is 0.488 bits per heavy atom. The van der Waals surface area contributed by atoms with Gasteiger partial charge in [0, 0.05) is 23.5 Å². The summed E-state index contributed by atoms with van der Waals surface area (Å²) in [5.74, 6) is 0. The van der Waals surface area contributed by atoms with Crippen LogP contribution < -0.4 is 9.80 Å². The molecule has 0 saturated carbocycles. The fraction of sp³-hybridized carbons (Fsp3) is 0.118. The van der Waals surface area contributed by atoms with Crippen LogP contribution >= 0.6 is 39.0 Å². The number of hydrogen-bond acceptors (Lipinski definition) is 4. The minimum absolute atomic E-state index is 0.339. The van der Waals surface area contributed by atoms with E-state index < -0.39 is 0 Å². The second-order valence-electron chi connectivity index (χ2n) is 9.43. The van der Waals surface area contributed by atoms with Crippen LogP contribution in [0.4, 0.5) is 11.4 Å². The molecule has 0 bridgehead atoms. The van der Waals surface area contributed by atoms with Gasteiger partial charge in [-0.2, -0.15) is 13.3 Å². The molecule has 0 fully saturated rings. The summed E-state index contributed by atoms with van der Waals surface area (Å²) >= 11 is 4.65. The molecule has 0 saturated heterocycles. The van der Waals surface area contributed by atoms with Gasteiger partial charge in [0.15, 0.2) is 0 Å². The molecule has 7 heteroatoms. The molecule has 2 unspecified atom stereocenters. The number of benzene rings is 4. The molecule has 4 aromatic carbocycles. The van der Waals surface area contributed by atoms with E-state index in [9.17, 15) is 0 Å². The Morgan fingerprint density at radius 2 is 0.780 bits per heavy atom. The SMILES string of the molecule is CC(c1ccccc1)N1C=CN(c2ccccc2)[CH-]1.CC(c1ccccc1)N1C=CN(c2ccccc2)[CH-]1.[I][Pd][I]. The van der Waals surface area contributed by atoms with Crippen molar-refractivity contribution in [2.75, 3.05) is 9.80 Å². The van der Waals surface area contributed by atoms with Gasteiger partial charge in [0.1, 0.15) is 0 Å². The monoisotopic (exact) mass is 858 g/mol. The van der Waals surface area contributed by atoms with Gasteiger partial charge >= 0.3 is 49.8 Å². The van der Waals surface area contributed by atoms with Crippen LogP contribution in [0.25, 0.3) is 0 Å². The van der Waals surface area contributed by atoms with Crippen molar-refractivity contribution in [1.82, 2.24) is 9.80 Å². The van der Waals surface area contributed by atoms with Crippen LogP contribution in [0, 0.1) is 13.3 Å². The number of anilines is 2. The van der Waals surface area contributed by atoms with E-state index in [2.05, 4.69) is 220 Å². The first-order valence-electron chi connectivity index (χ1n) is 13.3. The molecule has 0 amide bonds. The third kappa shape index (κ3) is 9.34. The van der Waals surface area contributed by atoms with Crippen molar-refractivity contribution in [3.63, 3.8) is 0 Å². The zero-order valence-corrected chi connectivity index (χ0v) is 28.9. The first-order chi connectivity index (χ1) is 20.1.